The van der Waals surface area contributed by atoms with Gasteiger partial charge in [-0.1, -0.05) is 108 Å². The van der Waals surface area contributed by atoms with Crippen LogP contribution in [-0.4, -0.2) is 33.6 Å². The first-order valence-electron chi connectivity index (χ1n) is 12.2. The van der Waals surface area contributed by atoms with Gasteiger partial charge >= 0.3 is 5.91 Å². The van der Waals surface area contributed by atoms with Crippen LogP contribution in [0.3, 0.4) is 0 Å². The van der Waals surface area contributed by atoms with E-state index < -0.39 is 17.7 Å². The van der Waals surface area contributed by atoms with Crippen LogP contribution >= 0.6 is 23.1 Å². The molecule has 2 heterocycles. The zero-order valence-corrected chi connectivity index (χ0v) is 22.7. The lowest BCUT2D eigenvalue weighted by atomic mass is 9.95. The molecule has 1 aliphatic heterocycles. The van der Waals surface area contributed by atoms with Crippen molar-refractivity contribution in [2.75, 3.05) is 11.5 Å². The minimum Gasteiger partial charge on any atom is -0.507 e. The van der Waals surface area contributed by atoms with Gasteiger partial charge in [-0.3, -0.25) is 14.5 Å². The van der Waals surface area contributed by atoms with E-state index >= 15 is 0 Å². The molecule has 0 saturated carbocycles. The van der Waals surface area contributed by atoms with Crippen LogP contribution in [0.25, 0.3) is 5.76 Å². The van der Waals surface area contributed by atoms with E-state index in [0.717, 1.165) is 11.1 Å². The Morgan fingerprint density at radius 1 is 1.08 bits per heavy atom. The van der Waals surface area contributed by atoms with E-state index in [4.69, 9.17) is 4.74 Å². The highest BCUT2D eigenvalue weighted by molar-refractivity contribution is 8.00. The molecule has 7 nitrogen and oxygen atoms in total. The molecule has 1 aliphatic rings. The standard InChI is InChI=1S/C30H25N3O4S2/c1-3-16-37-23-11-7-10-22(17-23)25-24(26(34)21-14-12-19(2)13-15-21)27(35)28(36)33(25)29-31-32-30(39-29)38-18-20-8-5-4-6-9-20/h3-15,17,25,34H,1,16,18H2,2H3/b26-24+. The van der Waals surface area contributed by atoms with Crippen LogP contribution in [0, 0.1) is 6.92 Å². The Labute approximate surface area is 234 Å². The van der Waals surface area contributed by atoms with E-state index in [1.807, 2.05) is 49.4 Å². The number of aryl methyl sites for hydroxylation is 1. The van der Waals surface area contributed by atoms with Crippen molar-refractivity contribution in [3.05, 3.63) is 119 Å². The molecule has 1 unspecified atom stereocenters. The maximum absolute atomic E-state index is 13.5. The van der Waals surface area contributed by atoms with Crippen LogP contribution in [0.2, 0.25) is 0 Å². The molecule has 1 saturated heterocycles. The number of rotatable bonds is 9. The third-order valence-electron chi connectivity index (χ3n) is 6.12. The van der Waals surface area contributed by atoms with Crippen molar-refractivity contribution in [1.82, 2.24) is 10.2 Å². The summed E-state index contributed by atoms with van der Waals surface area (Å²) in [5, 5.41) is 20.1. The molecule has 9 heteroatoms. The van der Waals surface area contributed by atoms with Gasteiger partial charge in [-0.15, -0.1) is 10.2 Å². The number of anilines is 1. The highest BCUT2D eigenvalue weighted by atomic mass is 32.2. The summed E-state index contributed by atoms with van der Waals surface area (Å²) >= 11 is 2.73. The summed E-state index contributed by atoms with van der Waals surface area (Å²) in [4.78, 5) is 28.2. The van der Waals surface area contributed by atoms with Gasteiger partial charge in [-0.05, 0) is 30.2 Å². The molecule has 1 N–H and O–H groups in total. The van der Waals surface area contributed by atoms with Crippen molar-refractivity contribution in [1.29, 1.82) is 0 Å². The molecule has 1 fully saturated rings. The molecule has 3 aromatic carbocycles. The lowest BCUT2D eigenvalue weighted by Crippen LogP contribution is -2.29. The van der Waals surface area contributed by atoms with Crippen molar-refractivity contribution in [2.45, 2.75) is 23.1 Å². The number of carbonyl (C=O) groups is 2. The van der Waals surface area contributed by atoms with Crippen molar-refractivity contribution >= 4 is 45.7 Å². The van der Waals surface area contributed by atoms with E-state index in [0.29, 0.717) is 33.6 Å². The van der Waals surface area contributed by atoms with E-state index in [1.165, 1.54) is 28.0 Å². The highest BCUT2D eigenvalue weighted by Crippen LogP contribution is 2.44. The van der Waals surface area contributed by atoms with Crippen LogP contribution in [-0.2, 0) is 15.3 Å². The number of Topliss-reactive ketones (excluding diaryl/α,β-unsaturated/α-hetero) is 1. The molecule has 0 spiro atoms. The number of benzene rings is 3. The molecule has 0 bridgehead atoms. The summed E-state index contributed by atoms with van der Waals surface area (Å²) < 4.78 is 6.37. The van der Waals surface area contributed by atoms with Gasteiger partial charge < -0.3 is 9.84 Å². The molecule has 1 amide bonds. The summed E-state index contributed by atoms with van der Waals surface area (Å²) in [5.74, 6) is -0.578. The van der Waals surface area contributed by atoms with Gasteiger partial charge in [0.25, 0.3) is 5.78 Å². The van der Waals surface area contributed by atoms with E-state index in [1.54, 1.807) is 42.5 Å². The van der Waals surface area contributed by atoms with Crippen molar-refractivity contribution in [2.24, 2.45) is 0 Å². The number of thioether (sulfide) groups is 1. The predicted octanol–water partition coefficient (Wildman–Crippen LogP) is 6.33. The number of ketones is 1. The minimum atomic E-state index is -0.918. The van der Waals surface area contributed by atoms with Crippen LogP contribution in [0.5, 0.6) is 5.75 Å². The Bertz CT molecular complexity index is 1550. The number of hydrogen-bond donors (Lipinski definition) is 1. The Hall–Kier alpha value is -4.21. The molecule has 1 aromatic heterocycles. The second kappa shape index (κ2) is 11.7. The third kappa shape index (κ3) is 5.64. The lowest BCUT2D eigenvalue weighted by Gasteiger charge is -2.23. The topological polar surface area (TPSA) is 92.6 Å². The summed E-state index contributed by atoms with van der Waals surface area (Å²) in [6, 6.07) is 23.3. The quantitative estimate of drug-likeness (QED) is 0.0644. The van der Waals surface area contributed by atoms with Gasteiger partial charge in [-0.2, -0.15) is 0 Å². The highest BCUT2D eigenvalue weighted by Gasteiger charge is 2.48. The average molecular weight is 556 g/mol. The van der Waals surface area contributed by atoms with E-state index in [2.05, 4.69) is 16.8 Å². The number of hydrogen-bond acceptors (Lipinski definition) is 8. The molecule has 1 atom stereocenters. The van der Waals surface area contributed by atoms with Crippen LogP contribution in [0.1, 0.15) is 28.3 Å². The fraction of sp³-hybridized carbons (Fsp3) is 0.133. The normalized spacial score (nSPS) is 16.4. The van der Waals surface area contributed by atoms with Gasteiger partial charge in [0.15, 0.2) is 4.34 Å². The number of aliphatic hydroxyl groups is 1. The second-order valence-corrected chi connectivity index (χ2v) is 11.0. The first-order valence-corrected chi connectivity index (χ1v) is 14.0. The number of nitrogens with zero attached hydrogens (tertiary/aromatic N) is 3. The number of ether oxygens (including phenoxy) is 1. The number of carbonyl (C=O) groups excluding carboxylic acids is 2. The maximum atomic E-state index is 13.5. The molecule has 0 radical (unpaired) electrons. The Morgan fingerprint density at radius 3 is 2.59 bits per heavy atom. The molecule has 4 aromatic rings. The molecule has 0 aliphatic carbocycles. The predicted molar refractivity (Wildman–Crippen MR) is 154 cm³/mol. The van der Waals surface area contributed by atoms with E-state index in [9.17, 15) is 14.7 Å². The van der Waals surface area contributed by atoms with Gasteiger partial charge in [0.1, 0.15) is 18.1 Å². The van der Waals surface area contributed by atoms with Gasteiger partial charge in [0.2, 0.25) is 5.13 Å². The molecular formula is C30H25N3O4S2. The number of amides is 1. The maximum Gasteiger partial charge on any atom is 0.301 e. The van der Waals surface area contributed by atoms with Crippen LogP contribution in [0.4, 0.5) is 5.13 Å². The van der Waals surface area contributed by atoms with Crippen molar-refractivity contribution in [3.8, 4) is 5.75 Å². The first-order chi connectivity index (χ1) is 19.0. The molecule has 39 heavy (non-hydrogen) atoms. The second-order valence-electron chi connectivity index (χ2n) is 8.83. The fourth-order valence-corrected chi connectivity index (χ4v) is 6.04. The molecule has 196 valence electrons. The summed E-state index contributed by atoms with van der Waals surface area (Å²) in [6.07, 6.45) is 1.63. The van der Waals surface area contributed by atoms with Crippen LogP contribution in [0.15, 0.2) is 101 Å². The Kier molecular flexibility index (Phi) is 7.90. The zero-order chi connectivity index (χ0) is 27.4. The lowest BCUT2D eigenvalue weighted by molar-refractivity contribution is -0.132. The van der Waals surface area contributed by atoms with Crippen LogP contribution < -0.4 is 9.64 Å². The average Bonchev–Trinajstić information content (AvgIpc) is 3.53. The van der Waals surface area contributed by atoms with Gasteiger partial charge in [0.05, 0.1) is 11.6 Å². The van der Waals surface area contributed by atoms with Crippen molar-refractivity contribution in [3.63, 3.8) is 0 Å². The molecular weight excluding hydrogens is 530 g/mol. The zero-order valence-electron chi connectivity index (χ0n) is 21.1. The fourth-order valence-electron chi connectivity index (χ4n) is 4.22. The molecule has 5 rings (SSSR count). The smallest absolute Gasteiger partial charge is 0.301 e. The van der Waals surface area contributed by atoms with Gasteiger partial charge in [-0.25, -0.2) is 0 Å². The minimum absolute atomic E-state index is 0.0154. The Balaban J connectivity index is 1.56. The summed E-state index contributed by atoms with van der Waals surface area (Å²) in [7, 11) is 0. The van der Waals surface area contributed by atoms with Gasteiger partial charge in [0, 0.05) is 11.3 Å². The largest absolute Gasteiger partial charge is 0.507 e. The van der Waals surface area contributed by atoms with E-state index in [-0.39, 0.29) is 16.5 Å². The monoisotopic (exact) mass is 555 g/mol. The summed E-state index contributed by atoms with van der Waals surface area (Å²) in [5.41, 5.74) is 3.16. The number of aliphatic hydroxyl groups excluding tert-OH is 1. The Morgan fingerprint density at radius 2 is 1.85 bits per heavy atom. The summed E-state index contributed by atoms with van der Waals surface area (Å²) in [6.45, 7) is 5.91. The number of aromatic nitrogens is 2. The SMILES string of the molecule is C=CCOc1cccc(C2/C(=C(\O)c3ccc(C)cc3)C(=O)C(=O)N2c2nnc(SCc3ccccc3)s2)c1. The van der Waals surface area contributed by atoms with Crippen molar-refractivity contribution < 1.29 is 19.4 Å². The first kappa shape index (κ1) is 26.4. The third-order valence-corrected chi connectivity index (χ3v) is 8.25.